The van der Waals surface area contributed by atoms with Gasteiger partial charge in [-0.3, -0.25) is 4.68 Å². The zero-order chi connectivity index (χ0) is 10.8. The average Bonchev–Trinajstić information content (AvgIpc) is 2.48. The molecule has 1 aromatic heterocycles. The summed E-state index contributed by atoms with van der Waals surface area (Å²) in [6.07, 6.45) is -3.75. The molecule has 0 fully saturated rings. The van der Waals surface area contributed by atoms with Gasteiger partial charge in [0.25, 0.3) is 0 Å². The molecule has 0 amide bonds. The van der Waals surface area contributed by atoms with Gasteiger partial charge in [-0.1, -0.05) is 6.92 Å². The Labute approximate surface area is 79.7 Å². The molecular weight excluding hydrogens is 195 g/mol. The zero-order valence-electron chi connectivity index (χ0n) is 7.80. The summed E-state index contributed by atoms with van der Waals surface area (Å²) in [5, 5.41) is 3.76. The number of hydrogen-bond donors (Lipinski definition) is 1. The number of nitrogens with zero attached hydrogens (tertiary/aromatic N) is 2. The number of aromatic nitrogens is 2. The first kappa shape index (κ1) is 11.0. The quantitative estimate of drug-likeness (QED) is 0.820. The second-order valence-electron chi connectivity index (χ2n) is 2.95. The summed E-state index contributed by atoms with van der Waals surface area (Å²) >= 11 is 0. The Hall–Kier alpha value is -1.04. The van der Waals surface area contributed by atoms with Crippen LogP contribution in [0.3, 0.4) is 0 Å². The molecule has 0 unspecified atom stereocenters. The first-order valence-electron chi connectivity index (χ1n) is 4.33. The Bertz CT molecular complexity index is 303. The van der Waals surface area contributed by atoms with Crippen molar-refractivity contribution in [2.75, 3.05) is 0 Å². The molecular formula is C8H12F3N3. The van der Waals surface area contributed by atoms with Crippen molar-refractivity contribution >= 4 is 0 Å². The molecule has 0 atom stereocenters. The highest BCUT2D eigenvalue weighted by atomic mass is 19.4. The number of hydrogen-bond acceptors (Lipinski definition) is 2. The molecule has 0 aliphatic heterocycles. The number of alkyl halides is 3. The molecule has 0 aliphatic rings. The topological polar surface area (TPSA) is 43.8 Å². The highest BCUT2D eigenvalue weighted by molar-refractivity contribution is 5.13. The van der Waals surface area contributed by atoms with Crippen molar-refractivity contribution in [3.05, 3.63) is 17.5 Å². The Balaban J connectivity index is 3.06. The van der Waals surface area contributed by atoms with E-state index in [4.69, 9.17) is 5.73 Å². The Morgan fingerprint density at radius 2 is 2.14 bits per heavy atom. The molecule has 0 radical (unpaired) electrons. The predicted molar refractivity (Wildman–Crippen MR) is 45.4 cm³/mol. The van der Waals surface area contributed by atoms with E-state index in [1.807, 2.05) is 0 Å². The van der Waals surface area contributed by atoms with Gasteiger partial charge in [-0.2, -0.15) is 18.3 Å². The summed E-state index contributed by atoms with van der Waals surface area (Å²) in [6.45, 7) is 2.08. The van der Waals surface area contributed by atoms with Crippen molar-refractivity contribution in [1.29, 1.82) is 0 Å². The lowest BCUT2D eigenvalue weighted by Crippen LogP contribution is -2.14. The van der Waals surface area contributed by atoms with Gasteiger partial charge in [0.15, 0.2) is 0 Å². The number of rotatable bonds is 3. The highest BCUT2D eigenvalue weighted by Gasteiger charge is 2.35. The van der Waals surface area contributed by atoms with Crippen LogP contribution in [0.1, 0.15) is 24.7 Å². The van der Waals surface area contributed by atoms with Crippen LogP contribution in [0.5, 0.6) is 0 Å². The third kappa shape index (κ3) is 2.25. The van der Waals surface area contributed by atoms with E-state index in [9.17, 15) is 13.2 Å². The van der Waals surface area contributed by atoms with Gasteiger partial charge in [-0.05, 0) is 12.5 Å². The Kier molecular flexibility index (Phi) is 3.15. The molecule has 2 N–H and O–H groups in total. The lowest BCUT2D eigenvalue weighted by atomic mass is 10.3. The molecule has 1 rings (SSSR count). The maximum absolute atomic E-state index is 12.4. The van der Waals surface area contributed by atoms with Crippen LogP contribution < -0.4 is 5.73 Å². The lowest BCUT2D eigenvalue weighted by molar-refractivity contribution is -0.144. The van der Waals surface area contributed by atoms with E-state index in [2.05, 4.69) is 5.10 Å². The van der Waals surface area contributed by atoms with Gasteiger partial charge in [0, 0.05) is 13.1 Å². The standard InChI is InChI=1S/C8H12F3N3/c1-2-3-14-7(8(9,10)11)4-6(5-12)13-14/h4H,2-3,5,12H2,1H3. The molecule has 0 aliphatic carbocycles. The molecule has 6 heteroatoms. The van der Waals surface area contributed by atoms with E-state index < -0.39 is 11.9 Å². The average molecular weight is 207 g/mol. The molecule has 0 saturated carbocycles. The Morgan fingerprint density at radius 1 is 1.50 bits per heavy atom. The lowest BCUT2D eigenvalue weighted by Gasteiger charge is -2.08. The van der Waals surface area contributed by atoms with Crippen molar-refractivity contribution in [3.63, 3.8) is 0 Å². The number of halogens is 3. The number of aryl methyl sites for hydroxylation is 1. The van der Waals surface area contributed by atoms with E-state index in [0.29, 0.717) is 6.42 Å². The largest absolute Gasteiger partial charge is 0.433 e. The molecule has 0 spiro atoms. The minimum absolute atomic E-state index is 0.0276. The van der Waals surface area contributed by atoms with Gasteiger partial charge >= 0.3 is 6.18 Å². The predicted octanol–water partition coefficient (Wildman–Crippen LogP) is 1.77. The maximum atomic E-state index is 12.4. The first-order valence-corrected chi connectivity index (χ1v) is 4.33. The van der Waals surface area contributed by atoms with Crippen LogP contribution in [-0.4, -0.2) is 9.78 Å². The smallest absolute Gasteiger partial charge is 0.325 e. The van der Waals surface area contributed by atoms with Crippen LogP contribution in [-0.2, 0) is 19.3 Å². The van der Waals surface area contributed by atoms with E-state index in [1.165, 1.54) is 0 Å². The molecule has 0 saturated heterocycles. The van der Waals surface area contributed by atoms with Crippen molar-refractivity contribution in [2.45, 2.75) is 32.6 Å². The Morgan fingerprint density at radius 3 is 2.57 bits per heavy atom. The van der Waals surface area contributed by atoms with Gasteiger partial charge in [-0.15, -0.1) is 0 Å². The van der Waals surface area contributed by atoms with Crippen LogP contribution in [0.4, 0.5) is 13.2 Å². The molecule has 1 heterocycles. The fourth-order valence-corrected chi connectivity index (χ4v) is 1.18. The highest BCUT2D eigenvalue weighted by Crippen LogP contribution is 2.29. The summed E-state index contributed by atoms with van der Waals surface area (Å²) in [6, 6.07) is 0.996. The van der Waals surface area contributed by atoms with E-state index in [1.54, 1.807) is 6.92 Å². The molecule has 1 aromatic rings. The molecule has 0 bridgehead atoms. The summed E-state index contributed by atoms with van der Waals surface area (Å²) in [4.78, 5) is 0. The third-order valence-electron chi connectivity index (χ3n) is 1.77. The van der Waals surface area contributed by atoms with Gasteiger partial charge in [-0.25, -0.2) is 0 Å². The van der Waals surface area contributed by atoms with Gasteiger partial charge in [0.05, 0.1) is 5.69 Å². The molecule has 80 valence electrons. The monoisotopic (exact) mass is 207 g/mol. The van der Waals surface area contributed by atoms with Crippen LogP contribution in [0.15, 0.2) is 6.07 Å². The molecule has 14 heavy (non-hydrogen) atoms. The maximum Gasteiger partial charge on any atom is 0.433 e. The summed E-state index contributed by atoms with van der Waals surface area (Å²) in [7, 11) is 0. The molecule has 3 nitrogen and oxygen atoms in total. The molecule has 0 aromatic carbocycles. The van der Waals surface area contributed by atoms with E-state index in [-0.39, 0.29) is 18.8 Å². The minimum atomic E-state index is -4.35. The van der Waals surface area contributed by atoms with Crippen molar-refractivity contribution < 1.29 is 13.2 Å². The summed E-state index contributed by atoms with van der Waals surface area (Å²) in [5.74, 6) is 0. The van der Waals surface area contributed by atoms with Crippen molar-refractivity contribution in [3.8, 4) is 0 Å². The van der Waals surface area contributed by atoms with Gasteiger partial charge in [0.2, 0.25) is 0 Å². The van der Waals surface area contributed by atoms with E-state index in [0.717, 1.165) is 10.7 Å². The fourth-order valence-electron chi connectivity index (χ4n) is 1.18. The summed E-state index contributed by atoms with van der Waals surface area (Å²) in [5.41, 5.74) is 4.78. The summed E-state index contributed by atoms with van der Waals surface area (Å²) < 4.78 is 38.2. The van der Waals surface area contributed by atoms with Gasteiger partial charge in [0.1, 0.15) is 5.69 Å². The first-order chi connectivity index (χ1) is 6.49. The normalized spacial score (nSPS) is 12.1. The SMILES string of the molecule is CCCn1nc(CN)cc1C(F)(F)F. The van der Waals surface area contributed by atoms with Crippen LogP contribution in [0.25, 0.3) is 0 Å². The van der Waals surface area contributed by atoms with Crippen molar-refractivity contribution in [2.24, 2.45) is 5.73 Å². The second-order valence-corrected chi connectivity index (χ2v) is 2.95. The fraction of sp³-hybridized carbons (Fsp3) is 0.625. The second kappa shape index (κ2) is 4.00. The van der Waals surface area contributed by atoms with Crippen molar-refractivity contribution in [1.82, 2.24) is 9.78 Å². The van der Waals surface area contributed by atoms with Gasteiger partial charge < -0.3 is 5.73 Å². The third-order valence-corrected chi connectivity index (χ3v) is 1.77. The van der Waals surface area contributed by atoms with Crippen LogP contribution in [0.2, 0.25) is 0 Å². The number of nitrogens with two attached hydrogens (primary N) is 1. The van der Waals surface area contributed by atoms with Crippen LogP contribution in [0, 0.1) is 0 Å². The minimum Gasteiger partial charge on any atom is -0.325 e. The van der Waals surface area contributed by atoms with Crippen LogP contribution >= 0.6 is 0 Å². The zero-order valence-corrected chi connectivity index (χ0v) is 7.80. The van der Waals surface area contributed by atoms with E-state index >= 15 is 0 Å².